The molecular formula is C60H83N3O11. The van der Waals surface area contributed by atoms with Crippen LogP contribution in [0.5, 0.6) is 0 Å². The number of aliphatic hydroxyl groups excluding tert-OH is 1. The van der Waals surface area contributed by atoms with Crippen molar-refractivity contribution in [2.45, 2.75) is 166 Å². The highest BCUT2D eigenvalue weighted by atomic mass is 16.7. The van der Waals surface area contributed by atoms with Crippen LogP contribution in [0, 0.1) is 29.6 Å². The Morgan fingerprint density at radius 2 is 1.62 bits per heavy atom. The maximum Gasteiger partial charge on any atom is 0.329 e. The number of allylic oxidation sites excluding steroid dienone is 4. The summed E-state index contributed by atoms with van der Waals surface area (Å²) in [5, 5.41) is 25.4. The minimum atomic E-state index is -2.52. The maximum atomic E-state index is 14.7. The third-order valence-corrected chi connectivity index (χ3v) is 16.7. The predicted molar refractivity (Wildman–Crippen MR) is 286 cm³/mol. The van der Waals surface area contributed by atoms with E-state index in [2.05, 4.69) is 90.8 Å². The van der Waals surface area contributed by atoms with Crippen LogP contribution in [0.25, 0.3) is 10.9 Å². The topological polar surface area (TPSA) is 166 Å². The number of esters is 1. The molecule has 1 aliphatic carbocycles. The zero-order chi connectivity index (χ0) is 53.4. The lowest BCUT2D eigenvalue weighted by Crippen LogP contribution is -2.64. The van der Waals surface area contributed by atoms with Crippen molar-refractivity contribution in [3.8, 4) is 0 Å². The van der Waals surface area contributed by atoms with Gasteiger partial charge in [-0.15, -0.1) is 6.58 Å². The van der Waals surface area contributed by atoms with Gasteiger partial charge in [0.05, 0.1) is 30.5 Å². The molecule has 2 saturated heterocycles. The number of ether oxygens (including phenoxy) is 5. The molecule has 3 fully saturated rings. The average molecular weight is 1020 g/mol. The highest BCUT2D eigenvalue weighted by Gasteiger charge is 2.56. The summed E-state index contributed by atoms with van der Waals surface area (Å²) in [5.74, 6) is -7.70. The van der Waals surface area contributed by atoms with E-state index in [9.17, 15) is 29.4 Å². The molecule has 1 aromatic heterocycles. The molecule has 4 aliphatic rings. The van der Waals surface area contributed by atoms with E-state index in [-0.39, 0.29) is 55.6 Å². The molecule has 14 atom stereocenters. The number of cyclic esters (lactones) is 1. The Kier molecular flexibility index (Phi) is 19.4. The molecule has 2 aromatic carbocycles. The summed E-state index contributed by atoms with van der Waals surface area (Å²) in [5.41, 5.74) is 5.18. The van der Waals surface area contributed by atoms with Crippen molar-refractivity contribution >= 4 is 40.0 Å². The van der Waals surface area contributed by atoms with Crippen molar-refractivity contribution in [3.05, 3.63) is 102 Å². The van der Waals surface area contributed by atoms with Crippen molar-refractivity contribution in [2.75, 3.05) is 39.8 Å². The molecule has 14 nitrogen and oxygen atoms in total. The van der Waals surface area contributed by atoms with Gasteiger partial charge in [0.25, 0.3) is 11.7 Å². The summed E-state index contributed by atoms with van der Waals surface area (Å²) < 4.78 is 33.1. The summed E-state index contributed by atoms with van der Waals surface area (Å²) in [6.45, 7) is 14.2. The fourth-order valence-corrected chi connectivity index (χ4v) is 12.4. The number of rotatable bonds is 11. The van der Waals surface area contributed by atoms with Gasteiger partial charge in [-0.25, -0.2) is 4.79 Å². The Bertz CT molecular complexity index is 2490. The normalized spacial score (nSPS) is 34.3. The fourth-order valence-electron chi connectivity index (χ4n) is 12.4. The smallest absolute Gasteiger partial charge is 0.329 e. The van der Waals surface area contributed by atoms with Gasteiger partial charge in [0.1, 0.15) is 24.0 Å². The second-order valence-corrected chi connectivity index (χ2v) is 22.1. The van der Waals surface area contributed by atoms with Crippen LogP contribution in [0.15, 0.2) is 96.7 Å². The van der Waals surface area contributed by atoms with Gasteiger partial charge in [0.2, 0.25) is 5.79 Å². The zero-order valence-corrected chi connectivity index (χ0v) is 45.3. The minimum absolute atomic E-state index is 0.00351. The quantitative estimate of drug-likeness (QED) is 0.107. The second-order valence-electron chi connectivity index (χ2n) is 22.1. The van der Waals surface area contributed by atoms with Gasteiger partial charge in [-0.1, -0.05) is 74.9 Å². The number of carbonyl (C=O) groups excluding carboxylic acids is 4. The number of hydrogen-bond acceptors (Lipinski definition) is 12. The number of carbonyl (C=O) groups is 4. The Morgan fingerprint density at radius 1 is 0.905 bits per heavy atom. The fraction of sp³-hybridized carbons (Fsp3) is 0.600. The van der Waals surface area contributed by atoms with Crippen LogP contribution in [0.1, 0.15) is 111 Å². The van der Waals surface area contributed by atoms with Crippen molar-refractivity contribution in [1.29, 1.82) is 0 Å². The van der Waals surface area contributed by atoms with Crippen molar-refractivity contribution < 1.29 is 53.1 Å². The maximum absolute atomic E-state index is 14.7. The standard InChI is InChI=1S/C60H83N3O11/c1-11-17-45-29-37(2)28-38(3)30-53(71-9)56-54(72-10)32-40(5)60(69,74-56)57(66)58(67)63-26-16-15-20-49(63)59(68)73-55(41(6)50(64)35-51(45)65)39(4)31-43-21-23-48(52(33-43)70-8)61(7)46-22-24-47-44(34-46)25-27-62(47)36-42-18-13-12-14-19-42/h11-14,18-19,22,24-25,27,29,31,34,38,40-41,43,45,48-50,52-56,64,69H,1,15-17,20-21,23,26,28,30,32-33,35-36H2,2-10H3/b37-29+,39-31?. The minimum Gasteiger partial charge on any atom is -0.456 e. The molecular weight excluding hydrogens is 939 g/mol. The number of Topliss-reactive ketones (excluding diaryl/α,β-unsaturated/α-hetero) is 2. The van der Waals surface area contributed by atoms with E-state index in [4.69, 9.17) is 23.7 Å². The molecule has 14 unspecified atom stereocenters. The third-order valence-electron chi connectivity index (χ3n) is 16.7. The number of fused-ring (bicyclic) bond motifs is 4. The van der Waals surface area contributed by atoms with Gasteiger partial charge < -0.3 is 48.3 Å². The number of aromatic nitrogens is 1. The number of methoxy groups -OCH3 is 3. The summed E-state index contributed by atoms with van der Waals surface area (Å²) >= 11 is 0. The van der Waals surface area contributed by atoms with Crippen LogP contribution in [0.3, 0.4) is 0 Å². The first-order valence-corrected chi connectivity index (χ1v) is 27.0. The lowest BCUT2D eigenvalue weighted by molar-refractivity contribution is -0.302. The van der Waals surface area contributed by atoms with Crippen molar-refractivity contribution in [2.24, 2.45) is 29.6 Å². The second kappa shape index (κ2) is 25.3. The van der Waals surface area contributed by atoms with Crippen molar-refractivity contribution in [1.82, 2.24) is 9.47 Å². The lowest BCUT2D eigenvalue weighted by Gasteiger charge is -2.47. The number of amides is 1. The molecule has 4 heterocycles. The first-order valence-electron chi connectivity index (χ1n) is 27.0. The van der Waals surface area contributed by atoms with Crippen LogP contribution >= 0.6 is 0 Å². The lowest BCUT2D eigenvalue weighted by atomic mass is 9.80. The van der Waals surface area contributed by atoms with E-state index in [0.29, 0.717) is 44.1 Å². The molecule has 0 radical (unpaired) electrons. The van der Waals surface area contributed by atoms with Gasteiger partial charge >= 0.3 is 5.97 Å². The molecule has 74 heavy (non-hydrogen) atoms. The van der Waals surface area contributed by atoms with Crippen LogP contribution < -0.4 is 4.90 Å². The summed E-state index contributed by atoms with van der Waals surface area (Å²) in [6, 6.07) is 18.1. The van der Waals surface area contributed by atoms with Gasteiger partial charge in [0.15, 0.2) is 0 Å². The van der Waals surface area contributed by atoms with Gasteiger partial charge in [-0.2, -0.15) is 0 Å². The zero-order valence-electron chi connectivity index (χ0n) is 45.3. The predicted octanol–water partition coefficient (Wildman–Crippen LogP) is 8.79. The average Bonchev–Trinajstić information content (AvgIpc) is 3.80. The summed E-state index contributed by atoms with van der Waals surface area (Å²) in [7, 11) is 6.94. The highest BCUT2D eigenvalue weighted by Crippen LogP contribution is 2.40. The van der Waals surface area contributed by atoms with Gasteiger partial charge in [-0.3, -0.25) is 14.4 Å². The number of nitrogens with zero attached hydrogens (tertiary/aromatic N) is 3. The van der Waals surface area contributed by atoms with E-state index in [0.717, 1.165) is 36.0 Å². The van der Waals surface area contributed by atoms with Crippen molar-refractivity contribution in [3.63, 3.8) is 0 Å². The van der Waals surface area contributed by atoms with E-state index in [1.807, 2.05) is 26.0 Å². The molecule has 1 amide bonds. The van der Waals surface area contributed by atoms with Crippen LogP contribution in [-0.2, 0) is 49.4 Å². The van der Waals surface area contributed by atoms with Crippen LogP contribution in [-0.4, -0.2) is 133 Å². The molecule has 2 N–H and O–H groups in total. The molecule has 0 spiro atoms. The van der Waals surface area contributed by atoms with E-state index in [1.165, 1.54) is 23.1 Å². The van der Waals surface area contributed by atoms with E-state index < -0.39 is 77.8 Å². The van der Waals surface area contributed by atoms with Gasteiger partial charge in [0, 0.05) is 88.4 Å². The number of likely N-dealkylation sites (N-methyl/N-ethyl adjacent to an activating group) is 1. The van der Waals surface area contributed by atoms with Gasteiger partial charge in [-0.05, 0) is 125 Å². The number of ketones is 2. The first-order chi connectivity index (χ1) is 35.4. The molecule has 1 saturated carbocycles. The Labute approximate surface area is 439 Å². The number of piperidine rings is 1. The molecule has 14 heteroatoms. The Hall–Kier alpha value is -4.96. The van der Waals surface area contributed by atoms with E-state index >= 15 is 0 Å². The molecule has 2 bridgehead atoms. The first kappa shape index (κ1) is 56.8. The number of benzene rings is 2. The monoisotopic (exact) mass is 1020 g/mol. The Balaban J connectivity index is 1.16. The largest absolute Gasteiger partial charge is 0.456 e. The van der Waals surface area contributed by atoms with Crippen LogP contribution in [0.4, 0.5) is 5.69 Å². The summed E-state index contributed by atoms with van der Waals surface area (Å²) in [4.78, 5) is 61.4. The van der Waals surface area contributed by atoms with E-state index in [1.54, 1.807) is 34.1 Å². The number of aliphatic hydroxyl groups is 2. The SMILES string of the molecule is C=CCC1/C=C(\C)CC(C)CC(OC)C2OC(O)(C(=O)C(=O)N3CCCCC3C(=O)OC(C(C)=CC3CCC(N(C)c4ccc5c(ccn5Cc5ccccc5)c4)C(OC)C3)C(C)C(O)CC1=O)C(C)CC2OC. The summed E-state index contributed by atoms with van der Waals surface area (Å²) in [6.07, 6.45) is 8.63. The van der Waals surface area contributed by atoms with Crippen LogP contribution in [0.2, 0.25) is 0 Å². The number of anilines is 1. The Morgan fingerprint density at radius 3 is 2.32 bits per heavy atom. The number of hydrogen-bond donors (Lipinski definition) is 2. The molecule has 404 valence electrons. The highest BCUT2D eigenvalue weighted by molar-refractivity contribution is 6.39. The molecule has 3 aromatic rings. The molecule has 3 aliphatic heterocycles. The third kappa shape index (κ3) is 12.8. The molecule has 7 rings (SSSR count).